The Morgan fingerprint density at radius 3 is 2.84 bits per heavy atom. The Hall–Kier alpha value is -1.63. The highest BCUT2D eigenvalue weighted by atomic mass is 32.2. The number of aromatic nitrogens is 2. The molecule has 0 aliphatic carbocycles. The van der Waals surface area contributed by atoms with Gasteiger partial charge in [0.1, 0.15) is 0 Å². The highest BCUT2D eigenvalue weighted by molar-refractivity contribution is 7.98. The van der Waals surface area contributed by atoms with E-state index in [1.807, 2.05) is 19.3 Å². The Morgan fingerprint density at radius 2 is 2.21 bits per heavy atom. The number of thioether (sulfide) groups is 1. The molecule has 1 amide bonds. The second-order valence-electron chi connectivity index (χ2n) is 3.62. The first kappa shape index (κ1) is 15.4. The fourth-order valence-corrected chi connectivity index (χ4v) is 1.63. The van der Waals surface area contributed by atoms with Crippen molar-refractivity contribution in [3.05, 3.63) is 17.9 Å². The summed E-state index contributed by atoms with van der Waals surface area (Å²) in [4.78, 5) is 15.6. The van der Waals surface area contributed by atoms with E-state index in [9.17, 15) is 4.79 Å². The van der Waals surface area contributed by atoms with Crippen LogP contribution < -0.4 is 5.32 Å². The molecule has 19 heavy (non-hydrogen) atoms. The molecule has 0 aromatic carbocycles. The molecule has 0 unspecified atom stereocenters. The quantitative estimate of drug-likeness (QED) is 0.607. The van der Waals surface area contributed by atoms with Gasteiger partial charge in [-0.2, -0.15) is 11.8 Å². The number of nitrogens with one attached hydrogen (secondary N) is 1. The number of carbonyl (C=O) groups excluding carboxylic acids is 1. The van der Waals surface area contributed by atoms with E-state index in [4.69, 9.17) is 4.42 Å². The summed E-state index contributed by atoms with van der Waals surface area (Å²) in [5, 5.41) is 10.3. The van der Waals surface area contributed by atoms with Crippen LogP contribution in [0.1, 0.15) is 29.9 Å². The molecule has 6 nitrogen and oxygen atoms in total. The molecule has 1 aromatic heterocycles. The molecule has 0 atom stereocenters. The Morgan fingerprint density at radius 1 is 1.47 bits per heavy atom. The molecular weight excluding hydrogens is 264 g/mol. The topological polar surface area (TPSA) is 80.4 Å². The van der Waals surface area contributed by atoms with E-state index < -0.39 is 0 Å². The molecule has 7 heteroatoms. The highest BCUT2D eigenvalue weighted by Gasteiger charge is 2.15. The summed E-state index contributed by atoms with van der Waals surface area (Å²) in [7, 11) is 1.66. The summed E-state index contributed by atoms with van der Waals surface area (Å²) in [6, 6.07) is 0. The van der Waals surface area contributed by atoms with Crippen molar-refractivity contribution >= 4 is 29.5 Å². The molecule has 0 bridgehead atoms. The standard InChI is InChI=1S/C12H18N4O2S/c1-4-5-9(8-13-2)11-15-16-12(18-11)10(17)14-6-7-19-3/h5,8H,4,6-7H2,1-3H3,(H,14,17)/b9-5+,13-8?. The normalized spacial score (nSPS) is 12.1. The van der Waals surface area contributed by atoms with Gasteiger partial charge >= 0.3 is 11.8 Å². The van der Waals surface area contributed by atoms with Gasteiger partial charge in [0.2, 0.25) is 5.89 Å². The van der Waals surface area contributed by atoms with Gasteiger partial charge in [-0.05, 0) is 12.7 Å². The third kappa shape index (κ3) is 4.86. The largest absolute Gasteiger partial charge is 0.412 e. The molecular formula is C12H18N4O2S. The van der Waals surface area contributed by atoms with Gasteiger partial charge in [-0.3, -0.25) is 9.79 Å². The van der Waals surface area contributed by atoms with Crippen LogP contribution in [0, 0.1) is 0 Å². The predicted octanol–water partition coefficient (Wildman–Crippen LogP) is 1.66. The Kier molecular flexibility index (Phi) is 6.88. The molecule has 104 valence electrons. The van der Waals surface area contributed by atoms with Crippen molar-refractivity contribution in [1.82, 2.24) is 15.5 Å². The zero-order valence-electron chi connectivity index (χ0n) is 11.3. The average Bonchev–Trinajstić information content (AvgIpc) is 2.88. The van der Waals surface area contributed by atoms with Crippen molar-refractivity contribution in [2.24, 2.45) is 4.99 Å². The number of aliphatic imine (C=N–C) groups is 1. The number of hydrogen-bond donors (Lipinski definition) is 1. The van der Waals surface area contributed by atoms with Gasteiger partial charge in [-0.15, -0.1) is 10.2 Å². The van der Waals surface area contributed by atoms with Gasteiger partial charge in [0.05, 0.1) is 5.57 Å². The SMILES string of the molecule is CC/C=C(\C=NC)c1nnc(C(=O)NCCSC)o1. The van der Waals surface area contributed by atoms with Crippen LogP contribution in [0.2, 0.25) is 0 Å². The maximum absolute atomic E-state index is 11.7. The summed E-state index contributed by atoms with van der Waals surface area (Å²) < 4.78 is 5.34. The monoisotopic (exact) mass is 282 g/mol. The van der Waals surface area contributed by atoms with Crippen LogP contribution in [0.15, 0.2) is 15.5 Å². The summed E-state index contributed by atoms with van der Waals surface area (Å²) in [5.41, 5.74) is 0.723. The molecule has 0 fully saturated rings. The van der Waals surface area contributed by atoms with Crippen molar-refractivity contribution in [3.63, 3.8) is 0 Å². The molecule has 1 N–H and O–H groups in total. The molecule has 0 aliphatic rings. The molecule has 0 saturated carbocycles. The van der Waals surface area contributed by atoms with E-state index in [-0.39, 0.29) is 11.8 Å². The molecule has 0 radical (unpaired) electrons. The average molecular weight is 282 g/mol. The van der Waals surface area contributed by atoms with Crippen molar-refractivity contribution in [2.45, 2.75) is 13.3 Å². The first-order valence-corrected chi connectivity index (χ1v) is 7.35. The minimum Gasteiger partial charge on any atom is -0.412 e. The van der Waals surface area contributed by atoms with Crippen LogP contribution in [0.25, 0.3) is 5.57 Å². The molecule has 0 spiro atoms. The van der Waals surface area contributed by atoms with Gasteiger partial charge in [0.15, 0.2) is 0 Å². The van der Waals surface area contributed by atoms with E-state index in [2.05, 4.69) is 20.5 Å². The Labute approximate surface area is 116 Å². The van der Waals surface area contributed by atoms with Gasteiger partial charge in [0, 0.05) is 25.6 Å². The lowest BCUT2D eigenvalue weighted by Gasteiger charge is -1.99. The third-order valence-electron chi connectivity index (χ3n) is 2.15. The smallest absolute Gasteiger partial charge is 0.308 e. The van der Waals surface area contributed by atoms with Crippen LogP contribution in [-0.4, -0.2) is 47.9 Å². The number of allylic oxidation sites excluding steroid dienone is 2. The van der Waals surface area contributed by atoms with Crippen LogP contribution in [0.3, 0.4) is 0 Å². The van der Waals surface area contributed by atoms with Gasteiger partial charge < -0.3 is 9.73 Å². The van der Waals surface area contributed by atoms with Crippen LogP contribution >= 0.6 is 11.8 Å². The van der Waals surface area contributed by atoms with Crippen molar-refractivity contribution in [1.29, 1.82) is 0 Å². The van der Waals surface area contributed by atoms with Gasteiger partial charge in [-0.1, -0.05) is 13.0 Å². The first-order valence-electron chi connectivity index (χ1n) is 5.96. The zero-order valence-corrected chi connectivity index (χ0v) is 12.2. The van der Waals surface area contributed by atoms with E-state index >= 15 is 0 Å². The van der Waals surface area contributed by atoms with E-state index in [0.717, 1.165) is 17.7 Å². The van der Waals surface area contributed by atoms with E-state index in [1.54, 1.807) is 25.0 Å². The molecule has 0 aliphatic heterocycles. The minimum atomic E-state index is -0.350. The second kappa shape index (κ2) is 8.47. The molecule has 1 rings (SSSR count). The van der Waals surface area contributed by atoms with Crippen molar-refractivity contribution in [2.75, 3.05) is 25.6 Å². The van der Waals surface area contributed by atoms with Crippen LogP contribution in [0.5, 0.6) is 0 Å². The maximum atomic E-state index is 11.7. The molecule has 1 heterocycles. The fraction of sp³-hybridized carbons (Fsp3) is 0.500. The van der Waals surface area contributed by atoms with E-state index in [0.29, 0.717) is 12.4 Å². The van der Waals surface area contributed by atoms with Crippen molar-refractivity contribution in [3.8, 4) is 0 Å². The fourth-order valence-electron chi connectivity index (χ4n) is 1.33. The number of nitrogens with zero attached hydrogens (tertiary/aromatic N) is 3. The predicted molar refractivity (Wildman–Crippen MR) is 77.7 cm³/mol. The minimum absolute atomic E-state index is 0.0254. The highest BCUT2D eigenvalue weighted by Crippen LogP contribution is 2.11. The summed E-state index contributed by atoms with van der Waals surface area (Å²) in [5.74, 6) is 0.776. The first-order chi connectivity index (χ1) is 9.22. The lowest BCUT2D eigenvalue weighted by atomic mass is 10.2. The lowest BCUT2D eigenvalue weighted by Crippen LogP contribution is -2.25. The van der Waals surface area contributed by atoms with Gasteiger partial charge in [0.25, 0.3) is 0 Å². The van der Waals surface area contributed by atoms with Crippen molar-refractivity contribution < 1.29 is 9.21 Å². The maximum Gasteiger partial charge on any atom is 0.308 e. The number of amides is 1. The number of carbonyl (C=O) groups is 1. The summed E-state index contributed by atoms with van der Waals surface area (Å²) in [6.07, 6.45) is 6.34. The van der Waals surface area contributed by atoms with Crippen LogP contribution in [0.4, 0.5) is 0 Å². The van der Waals surface area contributed by atoms with Gasteiger partial charge in [-0.25, -0.2) is 0 Å². The number of hydrogen-bond acceptors (Lipinski definition) is 6. The third-order valence-corrected chi connectivity index (χ3v) is 2.76. The molecule has 0 saturated heterocycles. The lowest BCUT2D eigenvalue weighted by molar-refractivity contribution is 0.0921. The Bertz CT molecular complexity index is 468. The van der Waals surface area contributed by atoms with E-state index in [1.165, 1.54) is 0 Å². The Balaban J connectivity index is 2.75. The van der Waals surface area contributed by atoms with Crippen LogP contribution in [-0.2, 0) is 0 Å². The number of rotatable bonds is 7. The zero-order chi connectivity index (χ0) is 14.1. The molecule has 1 aromatic rings. The second-order valence-corrected chi connectivity index (χ2v) is 4.60. The summed E-state index contributed by atoms with van der Waals surface area (Å²) in [6.45, 7) is 2.57. The summed E-state index contributed by atoms with van der Waals surface area (Å²) >= 11 is 1.65.